The van der Waals surface area contributed by atoms with E-state index < -0.39 is 5.54 Å². The first kappa shape index (κ1) is 39.4. The average Bonchev–Trinajstić information content (AvgIpc) is 3.29. The molecule has 6 nitrogen and oxygen atoms in total. The van der Waals surface area contributed by atoms with Gasteiger partial charge < -0.3 is 25.4 Å². The van der Waals surface area contributed by atoms with E-state index in [-0.39, 0.29) is 11.5 Å². The second-order valence-electron chi connectivity index (χ2n) is 15.1. The van der Waals surface area contributed by atoms with Crippen molar-refractivity contribution in [3.8, 4) is 28.4 Å². The van der Waals surface area contributed by atoms with E-state index in [0.29, 0.717) is 22.6 Å². The second-order valence-corrected chi connectivity index (χ2v) is 15.1. The first-order valence-electron chi connectivity index (χ1n) is 20.3. The number of carbonyl (C=O) groups excluding carboxylic acids is 1. The summed E-state index contributed by atoms with van der Waals surface area (Å²) in [5.41, 5.74) is 16.5. The van der Waals surface area contributed by atoms with Gasteiger partial charge in [-0.25, -0.2) is 0 Å². The fourth-order valence-electron chi connectivity index (χ4n) is 7.56. The molecule has 1 unspecified atom stereocenters. The molecule has 0 aliphatic heterocycles. The maximum absolute atomic E-state index is 13.3. The Morgan fingerprint density at radius 1 is 0.500 bits per heavy atom. The van der Waals surface area contributed by atoms with Crippen LogP contribution in [0.4, 0.5) is 34.1 Å². The average molecular weight is 786 g/mol. The highest BCUT2D eigenvalue weighted by Crippen LogP contribution is 2.39. The highest BCUT2D eigenvalue weighted by atomic mass is 16.5. The Kier molecular flexibility index (Phi) is 11.6. The molecule has 0 saturated heterocycles. The molecule has 296 valence electrons. The molecule has 8 rings (SSSR count). The second kappa shape index (κ2) is 17.6. The van der Waals surface area contributed by atoms with Crippen molar-refractivity contribution in [1.29, 1.82) is 0 Å². The number of rotatable bonds is 14. The molecule has 3 N–H and O–H groups in total. The minimum absolute atomic E-state index is 0.0547. The van der Waals surface area contributed by atoms with Crippen molar-refractivity contribution in [2.24, 2.45) is 5.73 Å². The van der Waals surface area contributed by atoms with Crippen LogP contribution in [-0.2, 0) is 5.54 Å². The summed E-state index contributed by atoms with van der Waals surface area (Å²) in [7, 11) is 0. The van der Waals surface area contributed by atoms with E-state index >= 15 is 0 Å². The molecule has 0 saturated carbocycles. The number of phenolic OH excluding ortho intramolecular Hbond substituents is 1. The molecule has 0 bridgehead atoms. The summed E-state index contributed by atoms with van der Waals surface area (Å²) in [6.07, 6.45) is 1.86. The molecule has 0 aromatic heterocycles. The van der Waals surface area contributed by atoms with Gasteiger partial charge in [0.1, 0.15) is 17.2 Å². The lowest BCUT2D eigenvalue weighted by Crippen LogP contribution is -2.32. The van der Waals surface area contributed by atoms with Crippen LogP contribution in [0.15, 0.2) is 206 Å². The Labute approximate surface area is 352 Å². The van der Waals surface area contributed by atoms with Gasteiger partial charge in [-0.2, -0.15) is 0 Å². The van der Waals surface area contributed by atoms with Crippen molar-refractivity contribution < 1.29 is 14.6 Å². The maximum atomic E-state index is 13.3. The number of nitrogens with zero attached hydrogens (tertiary/aromatic N) is 2. The van der Waals surface area contributed by atoms with Crippen molar-refractivity contribution in [2.45, 2.75) is 32.2 Å². The molecule has 0 aliphatic rings. The van der Waals surface area contributed by atoms with Gasteiger partial charge in [-0.1, -0.05) is 98.3 Å². The number of para-hydroxylation sites is 2. The SMILES string of the molecule is CCCC(C)(N)c1ccc(C(=O)c2ccc(Oc3ccc(N(c4ccc(O)cc4)c4ccc(-c5ccc(N(c6ccccc6)c6ccccc6)cc5)cc4)cc3)cc2)cc1. The topological polar surface area (TPSA) is 79.0 Å². The number of anilines is 6. The van der Waals surface area contributed by atoms with Crippen LogP contribution in [0.1, 0.15) is 48.2 Å². The van der Waals surface area contributed by atoms with Gasteiger partial charge in [0.2, 0.25) is 0 Å². The van der Waals surface area contributed by atoms with Gasteiger partial charge in [-0.05, 0) is 151 Å². The van der Waals surface area contributed by atoms with Gasteiger partial charge in [-0.3, -0.25) is 4.79 Å². The van der Waals surface area contributed by atoms with Crippen LogP contribution in [0, 0.1) is 0 Å². The van der Waals surface area contributed by atoms with E-state index in [1.165, 1.54) is 0 Å². The predicted octanol–water partition coefficient (Wildman–Crippen LogP) is 14.0. The normalized spacial score (nSPS) is 12.0. The fourth-order valence-corrected chi connectivity index (χ4v) is 7.56. The third kappa shape index (κ3) is 8.85. The summed E-state index contributed by atoms with van der Waals surface area (Å²) in [6.45, 7) is 4.14. The number of phenols is 1. The highest BCUT2D eigenvalue weighted by molar-refractivity contribution is 6.09. The largest absolute Gasteiger partial charge is 0.508 e. The van der Waals surface area contributed by atoms with Crippen molar-refractivity contribution >= 4 is 39.9 Å². The van der Waals surface area contributed by atoms with Gasteiger partial charge in [-0.15, -0.1) is 0 Å². The Morgan fingerprint density at radius 2 is 0.850 bits per heavy atom. The molecular weight excluding hydrogens is 739 g/mol. The molecule has 60 heavy (non-hydrogen) atoms. The van der Waals surface area contributed by atoms with E-state index in [1.807, 2.05) is 91.9 Å². The van der Waals surface area contributed by atoms with Crippen molar-refractivity contribution in [1.82, 2.24) is 0 Å². The van der Waals surface area contributed by atoms with Crippen LogP contribution >= 0.6 is 0 Å². The van der Waals surface area contributed by atoms with Crippen LogP contribution in [0.5, 0.6) is 17.2 Å². The number of aromatic hydroxyl groups is 1. The molecule has 0 aliphatic carbocycles. The van der Waals surface area contributed by atoms with Crippen LogP contribution in [0.2, 0.25) is 0 Å². The van der Waals surface area contributed by atoms with Gasteiger partial charge >= 0.3 is 0 Å². The number of benzene rings is 8. The zero-order chi connectivity index (χ0) is 41.5. The zero-order valence-corrected chi connectivity index (χ0v) is 33.8. The first-order valence-corrected chi connectivity index (χ1v) is 20.3. The maximum Gasteiger partial charge on any atom is 0.193 e. The minimum atomic E-state index is -0.423. The monoisotopic (exact) mass is 785 g/mol. The van der Waals surface area contributed by atoms with Crippen LogP contribution in [0.25, 0.3) is 11.1 Å². The molecule has 8 aromatic rings. The number of nitrogens with two attached hydrogens (primary N) is 1. The van der Waals surface area contributed by atoms with Gasteiger partial charge in [0.25, 0.3) is 0 Å². The molecule has 1 atom stereocenters. The van der Waals surface area contributed by atoms with E-state index in [9.17, 15) is 9.90 Å². The number of carbonyl (C=O) groups is 1. The van der Waals surface area contributed by atoms with E-state index in [4.69, 9.17) is 10.5 Å². The van der Waals surface area contributed by atoms with Gasteiger partial charge in [0, 0.05) is 50.8 Å². The molecule has 0 fully saturated rings. The quantitative estimate of drug-likeness (QED) is 0.107. The van der Waals surface area contributed by atoms with Crippen LogP contribution in [-0.4, -0.2) is 10.9 Å². The summed E-state index contributed by atoms with van der Waals surface area (Å²) in [6, 6.07) is 67.8. The molecule has 8 aromatic carbocycles. The smallest absolute Gasteiger partial charge is 0.193 e. The number of ketones is 1. The van der Waals surface area contributed by atoms with Gasteiger partial charge in [0.15, 0.2) is 5.78 Å². The Bertz CT molecular complexity index is 2590. The third-order valence-corrected chi connectivity index (χ3v) is 10.7. The van der Waals surface area contributed by atoms with Gasteiger partial charge in [0.05, 0.1) is 0 Å². The predicted molar refractivity (Wildman–Crippen MR) is 246 cm³/mol. The van der Waals surface area contributed by atoms with Crippen molar-refractivity contribution in [2.75, 3.05) is 9.80 Å². The number of hydrogen-bond donors (Lipinski definition) is 2. The number of ether oxygens (including phenoxy) is 1. The summed E-state index contributed by atoms with van der Waals surface area (Å²) in [5, 5.41) is 10.1. The third-order valence-electron chi connectivity index (χ3n) is 10.7. The van der Waals surface area contributed by atoms with Crippen LogP contribution < -0.4 is 20.3 Å². The van der Waals surface area contributed by atoms with Crippen molar-refractivity contribution in [3.05, 3.63) is 223 Å². The van der Waals surface area contributed by atoms with E-state index in [0.717, 1.165) is 63.7 Å². The molecule has 6 heteroatoms. The molecule has 0 radical (unpaired) electrons. The first-order chi connectivity index (χ1) is 29.3. The van der Waals surface area contributed by atoms with Crippen molar-refractivity contribution in [3.63, 3.8) is 0 Å². The Morgan fingerprint density at radius 3 is 1.27 bits per heavy atom. The summed E-state index contributed by atoms with van der Waals surface area (Å²) in [4.78, 5) is 17.7. The lowest BCUT2D eigenvalue weighted by molar-refractivity contribution is 0.103. The zero-order valence-electron chi connectivity index (χ0n) is 33.8. The summed E-state index contributed by atoms with van der Waals surface area (Å²) < 4.78 is 6.22. The number of hydrogen-bond acceptors (Lipinski definition) is 6. The molecule has 0 heterocycles. The van der Waals surface area contributed by atoms with E-state index in [2.05, 4.69) is 114 Å². The summed E-state index contributed by atoms with van der Waals surface area (Å²) >= 11 is 0. The molecule has 0 spiro atoms. The summed E-state index contributed by atoms with van der Waals surface area (Å²) in [5.74, 6) is 1.43. The van der Waals surface area contributed by atoms with Crippen LogP contribution in [0.3, 0.4) is 0 Å². The Hall–Kier alpha value is -7.41. The highest BCUT2D eigenvalue weighted by Gasteiger charge is 2.21. The lowest BCUT2D eigenvalue weighted by atomic mass is 9.88. The van der Waals surface area contributed by atoms with E-state index in [1.54, 1.807) is 24.3 Å². The Balaban J connectivity index is 0.982. The lowest BCUT2D eigenvalue weighted by Gasteiger charge is -2.26. The minimum Gasteiger partial charge on any atom is -0.508 e. The molecule has 0 amide bonds. The fraction of sp³-hybridized carbons (Fsp3) is 0.0926. The molecular formula is C54H47N3O3. The standard InChI is InChI=1S/C54H47N3O3/c1-3-38-54(2,55)43-22-14-41(15-23-43)53(59)42-20-34-51(35-21-42)60-52-36-30-49(31-37-52)57(48-28-32-50(58)33-29-48)47-26-18-40(19-27-47)39-16-24-46(25-17-39)56(44-10-6-4-7-11-44)45-12-8-5-9-13-45/h4-37,58H,3,38,55H2,1-2H3.